The summed E-state index contributed by atoms with van der Waals surface area (Å²) in [5, 5.41) is 7.24. The van der Waals surface area contributed by atoms with Gasteiger partial charge in [0.1, 0.15) is 0 Å². The number of aryl methyl sites for hydroxylation is 1. The summed E-state index contributed by atoms with van der Waals surface area (Å²) in [6.45, 7) is 1.76. The maximum Gasteiger partial charge on any atom is 0.256 e. The van der Waals surface area contributed by atoms with Crippen molar-refractivity contribution in [3.05, 3.63) is 69.8 Å². The summed E-state index contributed by atoms with van der Waals surface area (Å²) in [5.41, 5.74) is 0.992. The van der Waals surface area contributed by atoms with Gasteiger partial charge >= 0.3 is 0 Å². The molecule has 1 N–H and O–H groups in total. The predicted octanol–water partition coefficient (Wildman–Crippen LogP) is 5.23. The van der Waals surface area contributed by atoms with Crippen molar-refractivity contribution in [1.29, 1.82) is 0 Å². The summed E-state index contributed by atoms with van der Waals surface area (Å²) in [4.78, 5) is 17.6. The van der Waals surface area contributed by atoms with Crippen LogP contribution in [0.3, 0.4) is 0 Å². The quantitative estimate of drug-likeness (QED) is 0.601. The second kappa shape index (κ2) is 7.91. The SMILES string of the molecule is Cc1noc(CSc2ccccc2C(=O)Nc2cccc(Cl)c2Cl)n1. The van der Waals surface area contributed by atoms with Gasteiger partial charge in [-0.15, -0.1) is 11.8 Å². The second-order valence-electron chi connectivity index (χ2n) is 5.08. The first-order valence-electron chi connectivity index (χ1n) is 7.31. The molecule has 8 heteroatoms. The molecule has 0 saturated carbocycles. The Morgan fingerprint density at radius 2 is 2.00 bits per heavy atom. The fourth-order valence-corrected chi connectivity index (χ4v) is 3.34. The van der Waals surface area contributed by atoms with Crippen molar-refractivity contribution in [3.63, 3.8) is 0 Å². The molecule has 0 bridgehead atoms. The van der Waals surface area contributed by atoms with E-state index in [1.165, 1.54) is 11.8 Å². The van der Waals surface area contributed by atoms with E-state index < -0.39 is 0 Å². The molecule has 25 heavy (non-hydrogen) atoms. The van der Waals surface area contributed by atoms with E-state index in [0.717, 1.165) is 4.90 Å². The largest absolute Gasteiger partial charge is 0.338 e. The molecule has 2 aromatic carbocycles. The van der Waals surface area contributed by atoms with Crippen LogP contribution in [-0.4, -0.2) is 16.0 Å². The Hall–Kier alpha value is -2.02. The number of nitrogens with one attached hydrogen (secondary N) is 1. The normalized spacial score (nSPS) is 10.7. The molecule has 0 fully saturated rings. The van der Waals surface area contributed by atoms with Gasteiger partial charge in [-0.1, -0.05) is 46.6 Å². The van der Waals surface area contributed by atoms with Gasteiger partial charge in [-0.2, -0.15) is 4.98 Å². The average molecular weight is 394 g/mol. The first-order valence-corrected chi connectivity index (χ1v) is 9.05. The molecule has 1 aromatic heterocycles. The monoisotopic (exact) mass is 393 g/mol. The van der Waals surface area contributed by atoms with E-state index in [4.69, 9.17) is 27.7 Å². The number of carbonyl (C=O) groups excluding carboxylic acids is 1. The smallest absolute Gasteiger partial charge is 0.256 e. The highest BCUT2D eigenvalue weighted by Crippen LogP contribution is 2.31. The highest BCUT2D eigenvalue weighted by atomic mass is 35.5. The maximum atomic E-state index is 12.6. The van der Waals surface area contributed by atoms with Crippen LogP contribution in [-0.2, 0) is 5.75 Å². The van der Waals surface area contributed by atoms with Gasteiger partial charge in [-0.05, 0) is 31.2 Å². The van der Waals surface area contributed by atoms with Gasteiger partial charge in [-0.3, -0.25) is 4.79 Å². The molecule has 1 heterocycles. The number of halogens is 2. The lowest BCUT2D eigenvalue weighted by Crippen LogP contribution is -2.13. The molecular weight excluding hydrogens is 381 g/mol. The van der Waals surface area contributed by atoms with E-state index in [2.05, 4.69) is 15.5 Å². The van der Waals surface area contributed by atoms with E-state index in [9.17, 15) is 4.79 Å². The molecule has 3 rings (SSSR count). The van der Waals surface area contributed by atoms with E-state index in [1.54, 1.807) is 37.3 Å². The van der Waals surface area contributed by atoms with Crippen molar-refractivity contribution >= 4 is 46.6 Å². The number of amides is 1. The Balaban J connectivity index is 1.77. The van der Waals surface area contributed by atoms with Gasteiger partial charge in [0.25, 0.3) is 5.91 Å². The Morgan fingerprint density at radius 3 is 2.76 bits per heavy atom. The third-order valence-corrected chi connectivity index (χ3v) is 5.13. The van der Waals surface area contributed by atoms with E-state index in [-0.39, 0.29) is 5.91 Å². The summed E-state index contributed by atoms with van der Waals surface area (Å²) in [6.07, 6.45) is 0. The van der Waals surface area contributed by atoms with Crippen molar-refractivity contribution in [2.75, 3.05) is 5.32 Å². The highest BCUT2D eigenvalue weighted by molar-refractivity contribution is 7.98. The van der Waals surface area contributed by atoms with Gasteiger partial charge in [0.15, 0.2) is 5.82 Å². The van der Waals surface area contributed by atoms with Crippen LogP contribution in [0.1, 0.15) is 22.1 Å². The number of carbonyl (C=O) groups is 1. The fourth-order valence-electron chi connectivity index (χ4n) is 2.11. The summed E-state index contributed by atoms with van der Waals surface area (Å²) in [7, 11) is 0. The Bertz CT molecular complexity index is 914. The summed E-state index contributed by atoms with van der Waals surface area (Å²) in [5.74, 6) is 1.30. The number of rotatable bonds is 5. The number of thioether (sulfide) groups is 1. The zero-order chi connectivity index (χ0) is 17.8. The van der Waals surface area contributed by atoms with Crippen LogP contribution in [0.2, 0.25) is 10.0 Å². The highest BCUT2D eigenvalue weighted by Gasteiger charge is 2.15. The van der Waals surface area contributed by atoms with Crippen molar-refractivity contribution in [2.45, 2.75) is 17.6 Å². The van der Waals surface area contributed by atoms with Crippen molar-refractivity contribution in [2.24, 2.45) is 0 Å². The third kappa shape index (κ3) is 4.34. The van der Waals surface area contributed by atoms with Gasteiger partial charge in [0, 0.05) is 4.90 Å². The van der Waals surface area contributed by atoms with Crippen LogP contribution in [0.5, 0.6) is 0 Å². The average Bonchev–Trinajstić information content (AvgIpc) is 3.03. The second-order valence-corrected chi connectivity index (χ2v) is 6.88. The Labute approximate surface area is 158 Å². The lowest BCUT2D eigenvalue weighted by molar-refractivity contribution is 0.102. The molecular formula is C17H13Cl2N3O2S. The van der Waals surface area contributed by atoms with E-state index in [0.29, 0.717) is 38.8 Å². The minimum Gasteiger partial charge on any atom is -0.338 e. The fraction of sp³-hybridized carbons (Fsp3) is 0.118. The summed E-state index contributed by atoms with van der Waals surface area (Å²) < 4.78 is 5.10. The molecule has 128 valence electrons. The van der Waals surface area contributed by atoms with Crippen LogP contribution in [0.25, 0.3) is 0 Å². The van der Waals surface area contributed by atoms with Gasteiger partial charge in [0.2, 0.25) is 5.89 Å². The Kier molecular flexibility index (Phi) is 5.63. The number of benzene rings is 2. The van der Waals surface area contributed by atoms with E-state index in [1.807, 2.05) is 12.1 Å². The number of hydrogen-bond donors (Lipinski definition) is 1. The number of hydrogen-bond acceptors (Lipinski definition) is 5. The molecule has 0 saturated heterocycles. The lowest BCUT2D eigenvalue weighted by atomic mass is 10.2. The molecule has 3 aromatic rings. The minimum atomic E-state index is -0.269. The lowest BCUT2D eigenvalue weighted by Gasteiger charge is -2.11. The zero-order valence-corrected chi connectivity index (χ0v) is 15.5. The molecule has 5 nitrogen and oxygen atoms in total. The third-order valence-electron chi connectivity index (χ3n) is 3.25. The zero-order valence-electron chi connectivity index (χ0n) is 13.1. The van der Waals surface area contributed by atoms with Crippen molar-refractivity contribution in [1.82, 2.24) is 10.1 Å². The summed E-state index contributed by atoms with van der Waals surface area (Å²) in [6, 6.07) is 12.4. The Morgan fingerprint density at radius 1 is 1.20 bits per heavy atom. The van der Waals surface area contributed by atoms with Crippen LogP contribution in [0.4, 0.5) is 5.69 Å². The molecule has 0 spiro atoms. The van der Waals surface area contributed by atoms with Gasteiger partial charge < -0.3 is 9.84 Å². The molecule has 0 aliphatic carbocycles. The molecule has 0 atom stereocenters. The topological polar surface area (TPSA) is 68.0 Å². The number of nitrogens with zero attached hydrogens (tertiary/aromatic N) is 2. The van der Waals surface area contributed by atoms with Crippen LogP contribution in [0.15, 0.2) is 51.9 Å². The van der Waals surface area contributed by atoms with Gasteiger partial charge in [-0.25, -0.2) is 0 Å². The molecule has 0 radical (unpaired) electrons. The van der Waals surface area contributed by atoms with E-state index >= 15 is 0 Å². The first-order chi connectivity index (χ1) is 12.0. The summed E-state index contributed by atoms with van der Waals surface area (Å²) >= 11 is 13.6. The minimum absolute atomic E-state index is 0.269. The molecule has 0 unspecified atom stereocenters. The number of aromatic nitrogens is 2. The molecule has 0 aliphatic heterocycles. The van der Waals surface area contributed by atoms with Crippen molar-refractivity contribution in [3.8, 4) is 0 Å². The standard InChI is InChI=1S/C17H13Cl2N3O2S/c1-10-20-15(24-22-10)9-25-14-8-3-2-5-11(14)17(23)21-13-7-4-6-12(18)16(13)19/h2-8H,9H2,1H3,(H,21,23). The predicted molar refractivity (Wildman–Crippen MR) is 99.5 cm³/mol. The van der Waals surface area contributed by atoms with Crippen LogP contribution >= 0.6 is 35.0 Å². The number of anilines is 1. The maximum absolute atomic E-state index is 12.6. The van der Waals surface area contributed by atoms with Crippen molar-refractivity contribution < 1.29 is 9.32 Å². The van der Waals surface area contributed by atoms with Gasteiger partial charge in [0.05, 0.1) is 27.0 Å². The molecule has 1 amide bonds. The van der Waals surface area contributed by atoms with Crippen LogP contribution < -0.4 is 5.32 Å². The van der Waals surface area contributed by atoms with Crippen LogP contribution in [0, 0.1) is 6.92 Å². The molecule has 0 aliphatic rings. The first kappa shape index (κ1) is 17.8.